The zero-order valence-electron chi connectivity index (χ0n) is 6.94. The van der Waals surface area contributed by atoms with E-state index in [0.29, 0.717) is 0 Å². The lowest BCUT2D eigenvalue weighted by molar-refractivity contribution is 0.238. The van der Waals surface area contributed by atoms with Crippen LogP contribution in [0.5, 0.6) is 0 Å². The highest BCUT2D eigenvalue weighted by Gasteiger charge is 2.14. The van der Waals surface area contributed by atoms with E-state index < -0.39 is 19.9 Å². The molecule has 0 aliphatic rings. The largest absolute Gasteiger partial charge is 0.344 e. The molecule has 72 valence electrons. The van der Waals surface area contributed by atoms with Gasteiger partial charge in [-0.25, -0.2) is 4.79 Å². The molecule has 7 heteroatoms. The first kappa shape index (κ1) is 11.4. The molecule has 4 N–H and O–H groups in total. The third-order valence-corrected chi connectivity index (χ3v) is 1.44. The van der Waals surface area contributed by atoms with Gasteiger partial charge in [0.05, 0.1) is 0 Å². The average molecular weight is 196 g/mol. The molecule has 0 spiro atoms. The fourth-order valence-corrected chi connectivity index (χ4v) is 0.838. The quantitative estimate of drug-likeness (QED) is 0.471. The summed E-state index contributed by atoms with van der Waals surface area (Å²) in [5, 5.41) is 4.46. The molecule has 0 unspecified atom stereocenters. The van der Waals surface area contributed by atoms with E-state index >= 15 is 0 Å². The Labute approximate surface area is 70.5 Å². The van der Waals surface area contributed by atoms with Crippen LogP contribution in [0, 0.1) is 0 Å². The van der Waals surface area contributed by atoms with Crippen molar-refractivity contribution in [1.82, 2.24) is 10.6 Å². The Morgan fingerprint density at radius 3 is 2.33 bits per heavy atom. The maximum Gasteiger partial charge on any atom is 0.344 e. The Hall–Kier alpha value is -0.580. The zero-order chi connectivity index (χ0) is 9.78. The number of hydrogen-bond acceptors (Lipinski definition) is 2. The van der Waals surface area contributed by atoms with Gasteiger partial charge in [0.15, 0.2) is 0 Å². The lowest BCUT2D eigenvalue weighted by atomic mass is 10.4. The topological polar surface area (TPSA) is 98.7 Å². The molecule has 0 aromatic heterocycles. The molecule has 6 nitrogen and oxygen atoms in total. The second kappa shape index (κ2) is 4.45. The lowest BCUT2D eigenvalue weighted by Crippen LogP contribution is -2.39. The third kappa shape index (κ3) is 7.53. The third-order valence-electron chi connectivity index (χ3n) is 0.865. The molecule has 0 aliphatic carbocycles. The van der Waals surface area contributed by atoms with Gasteiger partial charge in [-0.15, -0.1) is 0 Å². The summed E-state index contributed by atoms with van der Waals surface area (Å²) in [7, 11) is -4.13. The summed E-state index contributed by atoms with van der Waals surface area (Å²) in [5.41, 5.74) is 0. The Bertz CT molecular complexity index is 200. The summed E-state index contributed by atoms with van der Waals surface area (Å²) in [4.78, 5) is 27.5. The van der Waals surface area contributed by atoms with Gasteiger partial charge < -0.3 is 20.4 Å². The van der Waals surface area contributed by atoms with Crippen molar-refractivity contribution >= 4 is 13.6 Å². The van der Waals surface area contributed by atoms with E-state index in [9.17, 15) is 9.36 Å². The van der Waals surface area contributed by atoms with E-state index in [2.05, 4.69) is 5.32 Å². The van der Waals surface area contributed by atoms with Crippen molar-refractivity contribution in [3.63, 3.8) is 0 Å². The lowest BCUT2D eigenvalue weighted by Gasteiger charge is -2.10. The summed E-state index contributed by atoms with van der Waals surface area (Å²) in [6.07, 6.45) is -0.633. The Balaban J connectivity index is 3.66. The van der Waals surface area contributed by atoms with Gasteiger partial charge in [0.25, 0.3) is 0 Å². The van der Waals surface area contributed by atoms with Crippen molar-refractivity contribution in [2.75, 3.05) is 6.29 Å². The molecule has 0 bridgehead atoms. The van der Waals surface area contributed by atoms with E-state index in [4.69, 9.17) is 9.79 Å². The van der Waals surface area contributed by atoms with E-state index in [1.807, 2.05) is 5.32 Å². The highest BCUT2D eigenvalue weighted by atomic mass is 31.2. The van der Waals surface area contributed by atoms with Gasteiger partial charge in [-0.3, -0.25) is 4.57 Å². The number of rotatable bonds is 3. The van der Waals surface area contributed by atoms with Crippen LogP contribution in [0.15, 0.2) is 0 Å². The van der Waals surface area contributed by atoms with Gasteiger partial charge in [0.2, 0.25) is 0 Å². The van der Waals surface area contributed by atoms with Crippen LogP contribution in [0.2, 0.25) is 0 Å². The summed E-state index contributed by atoms with van der Waals surface area (Å²) >= 11 is 0. The summed E-state index contributed by atoms with van der Waals surface area (Å²) in [6.45, 7) is 3.49. The Kier molecular flexibility index (Phi) is 4.23. The molecule has 0 aliphatic heterocycles. The smallest absolute Gasteiger partial charge is 0.336 e. The molecule has 0 atom stereocenters. The molecule has 0 heterocycles. The predicted octanol–water partition coefficient (Wildman–Crippen LogP) is -0.171. The zero-order valence-corrected chi connectivity index (χ0v) is 7.84. The van der Waals surface area contributed by atoms with Crippen molar-refractivity contribution in [2.24, 2.45) is 0 Å². The number of carbonyl (C=O) groups excluding carboxylic acids is 1. The molecular weight excluding hydrogens is 183 g/mol. The molecule has 0 fully saturated rings. The standard InChI is InChI=1S/C5H13N2O4P/c1-4(2)7-5(8)6-3-12(9,10)11/h4H,3H2,1-2H3,(H2,6,7,8)(H2,9,10,11). The van der Waals surface area contributed by atoms with Crippen molar-refractivity contribution in [2.45, 2.75) is 19.9 Å². The van der Waals surface area contributed by atoms with Gasteiger partial charge in [-0.05, 0) is 13.8 Å². The fraction of sp³-hybridized carbons (Fsp3) is 0.800. The molecular formula is C5H13N2O4P. The van der Waals surface area contributed by atoms with Crippen molar-refractivity contribution in [1.29, 1.82) is 0 Å². The first-order chi connectivity index (χ1) is 5.31. The van der Waals surface area contributed by atoms with Gasteiger partial charge >= 0.3 is 13.6 Å². The Morgan fingerprint density at radius 1 is 1.50 bits per heavy atom. The first-order valence-corrected chi connectivity index (χ1v) is 5.20. The maximum absolute atomic E-state index is 10.7. The number of urea groups is 1. The molecule has 0 radical (unpaired) electrons. The summed E-state index contributed by atoms with van der Waals surface area (Å²) in [5.74, 6) is 0. The van der Waals surface area contributed by atoms with Crippen molar-refractivity contribution in [3.05, 3.63) is 0 Å². The molecule has 0 aromatic rings. The molecule has 12 heavy (non-hydrogen) atoms. The second-order valence-electron chi connectivity index (χ2n) is 2.63. The minimum absolute atomic E-state index is 0.0539. The van der Waals surface area contributed by atoms with Crippen LogP contribution in [0.3, 0.4) is 0 Å². The molecule has 0 aromatic carbocycles. The molecule has 0 saturated carbocycles. The Morgan fingerprint density at radius 2 is 2.00 bits per heavy atom. The molecule has 0 rings (SSSR count). The van der Waals surface area contributed by atoms with E-state index in [-0.39, 0.29) is 6.04 Å². The van der Waals surface area contributed by atoms with Gasteiger partial charge in [0, 0.05) is 6.04 Å². The monoisotopic (exact) mass is 196 g/mol. The van der Waals surface area contributed by atoms with Crippen molar-refractivity contribution in [3.8, 4) is 0 Å². The minimum Gasteiger partial charge on any atom is -0.336 e. The predicted molar refractivity (Wildman–Crippen MR) is 43.7 cm³/mol. The van der Waals surface area contributed by atoms with Crippen LogP contribution >= 0.6 is 7.60 Å². The van der Waals surface area contributed by atoms with Gasteiger partial charge in [0.1, 0.15) is 6.29 Å². The van der Waals surface area contributed by atoms with E-state index in [1.54, 1.807) is 13.8 Å². The summed E-state index contributed by atoms with van der Waals surface area (Å²) < 4.78 is 10.3. The van der Waals surface area contributed by atoms with Crippen molar-refractivity contribution < 1.29 is 19.1 Å². The van der Waals surface area contributed by atoms with Crippen LogP contribution in [0.25, 0.3) is 0 Å². The van der Waals surface area contributed by atoms with Crippen LogP contribution in [0.1, 0.15) is 13.8 Å². The SMILES string of the molecule is CC(C)NC(=O)NCP(=O)(O)O. The number of amides is 2. The number of carbonyl (C=O) groups is 1. The number of nitrogens with one attached hydrogen (secondary N) is 2. The van der Waals surface area contributed by atoms with E-state index in [0.717, 1.165) is 0 Å². The second-order valence-corrected chi connectivity index (χ2v) is 4.27. The highest BCUT2D eigenvalue weighted by Crippen LogP contribution is 2.31. The average Bonchev–Trinajstić information content (AvgIpc) is 1.80. The van der Waals surface area contributed by atoms with Crippen LogP contribution in [0.4, 0.5) is 4.79 Å². The maximum atomic E-state index is 10.7. The minimum atomic E-state index is -4.13. The normalized spacial score (nSPS) is 11.4. The molecule has 0 saturated heterocycles. The molecule has 2 amide bonds. The van der Waals surface area contributed by atoms with Gasteiger partial charge in [-0.2, -0.15) is 0 Å². The van der Waals surface area contributed by atoms with Crippen LogP contribution in [-0.2, 0) is 4.57 Å². The number of hydrogen-bond donors (Lipinski definition) is 4. The summed E-state index contributed by atoms with van der Waals surface area (Å²) in [6, 6.07) is -0.630. The highest BCUT2D eigenvalue weighted by molar-refractivity contribution is 7.51. The fourth-order valence-electron chi connectivity index (χ4n) is 0.488. The van der Waals surface area contributed by atoms with Gasteiger partial charge in [-0.1, -0.05) is 0 Å². The van der Waals surface area contributed by atoms with E-state index in [1.165, 1.54) is 0 Å². The first-order valence-electron chi connectivity index (χ1n) is 3.40. The van der Waals surface area contributed by atoms with Crippen LogP contribution < -0.4 is 10.6 Å². The van der Waals surface area contributed by atoms with Crippen LogP contribution in [-0.4, -0.2) is 28.1 Å².